The molecule has 0 spiro atoms. The maximum absolute atomic E-state index is 11.8. The van der Waals surface area contributed by atoms with Crippen LogP contribution in [0.4, 0.5) is 0 Å². The highest BCUT2D eigenvalue weighted by molar-refractivity contribution is 9.12. The molecule has 0 bridgehead atoms. The molecule has 0 N–H and O–H groups in total. The van der Waals surface area contributed by atoms with E-state index in [2.05, 4.69) is 31.9 Å². The molecule has 0 saturated heterocycles. The van der Waals surface area contributed by atoms with E-state index in [0.717, 1.165) is 19.7 Å². The molecule has 0 aliphatic heterocycles. The van der Waals surface area contributed by atoms with Crippen molar-refractivity contribution in [2.75, 3.05) is 20.1 Å². The van der Waals surface area contributed by atoms with Crippen LogP contribution in [-0.2, 0) is 0 Å². The normalized spacial score (nSPS) is 10.9. The Hall–Kier alpha value is 0.290. The molecule has 5 heteroatoms. The highest BCUT2D eigenvalue weighted by Gasteiger charge is 2.14. The number of hydrogen-bond acceptors (Lipinski definition) is 3. The molecule has 0 fully saturated rings. The second-order valence-corrected chi connectivity index (χ2v) is 6.74. The predicted molar refractivity (Wildman–Crippen MR) is 67.2 cm³/mol. The number of Topliss-reactive ketones (excluding diaryl/α,β-unsaturated/α-hetero) is 1. The van der Waals surface area contributed by atoms with Gasteiger partial charge in [0.2, 0.25) is 0 Å². The lowest BCUT2D eigenvalue weighted by molar-refractivity contribution is 0.0948. The summed E-state index contributed by atoms with van der Waals surface area (Å²) in [5.74, 6) is 0.156. The molecule has 1 rings (SSSR count). The fourth-order valence-corrected chi connectivity index (χ4v) is 3.83. The van der Waals surface area contributed by atoms with E-state index in [1.165, 1.54) is 11.3 Å². The SMILES string of the molecule is CCN(C)CC(=O)c1cc(Br)sc1Br. The molecule has 0 radical (unpaired) electrons. The average Bonchev–Trinajstić information content (AvgIpc) is 2.45. The van der Waals surface area contributed by atoms with Gasteiger partial charge in [0, 0.05) is 5.56 Å². The third-order valence-corrected chi connectivity index (χ3v) is 4.25. The van der Waals surface area contributed by atoms with Gasteiger partial charge in [-0.3, -0.25) is 9.69 Å². The van der Waals surface area contributed by atoms with Gasteiger partial charge in [-0.05, 0) is 51.5 Å². The topological polar surface area (TPSA) is 20.3 Å². The first-order valence-electron chi connectivity index (χ1n) is 4.21. The molecular weight excluding hydrogens is 330 g/mol. The number of likely N-dealkylation sites (N-methyl/N-ethyl adjacent to an activating group) is 1. The van der Waals surface area contributed by atoms with Crippen molar-refractivity contribution in [1.29, 1.82) is 0 Å². The number of nitrogens with zero attached hydrogens (tertiary/aromatic N) is 1. The van der Waals surface area contributed by atoms with Gasteiger partial charge in [0.25, 0.3) is 0 Å². The van der Waals surface area contributed by atoms with E-state index in [4.69, 9.17) is 0 Å². The van der Waals surface area contributed by atoms with Crippen molar-refractivity contribution in [3.63, 3.8) is 0 Å². The maximum Gasteiger partial charge on any atom is 0.178 e. The van der Waals surface area contributed by atoms with Crippen LogP contribution in [0.15, 0.2) is 13.6 Å². The fraction of sp³-hybridized carbons (Fsp3) is 0.444. The standard InChI is InChI=1S/C9H11Br2NOS/c1-3-12(2)5-7(13)6-4-8(10)14-9(6)11/h4H,3,5H2,1-2H3. The molecule has 1 aromatic heterocycles. The molecule has 1 heterocycles. The summed E-state index contributed by atoms with van der Waals surface area (Å²) in [6, 6.07) is 1.86. The van der Waals surface area contributed by atoms with Gasteiger partial charge >= 0.3 is 0 Å². The quantitative estimate of drug-likeness (QED) is 0.783. The molecule has 1 aromatic rings. The van der Waals surface area contributed by atoms with Crippen LogP contribution in [0.5, 0.6) is 0 Å². The van der Waals surface area contributed by atoms with E-state index < -0.39 is 0 Å². The number of carbonyl (C=O) groups is 1. The first-order chi connectivity index (χ1) is 6.54. The van der Waals surface area contributed by atoms with Crippen LogP contribution in [0.2, 0.25) is 0 Å². The van der Waals surface area contributed by atoms with Gasteiger partial charge < -0.3 is 0 Å². The van der Waals surface area contributed by atoms with E-state index in [1.54, 1.807) is 0 Å². The number of halogens is 2. The lowest BCUT2D eigenvalue weighted by Crippen LogP contribution is -2.25. The van der Waals surface area contributed by atoms with Gasteiger partial charge in [0.15, 0.2) is 5.78 Å². The zero-order valence-corrected chi connectivity index (χ0v) is 12.0. The Kier molecular flexibility index (Phi) is 4.76. The molecule has 78 valence electrons. The average molecular weight is 341 g/mol. The van der Waals surface area contributed by atoms with Crippen molar-refractivity contribution in [2.45, 2.75) is 6.92 Å². The van der Waals surface area contributed by atoms with Gasteiger partial charge in [0.05, 0.1) is 14.1 Å². The first-order valence-corrected chi connectivity index (χ1v) is 6.61. The zero-order valence-electron chi connectivity index (χ0n) is 8.01. The second kappa shape index (κ2) is 5.39. The first kappa shape index (κ1) is 12.4. The van der Waals surface area contributed by atoms with Crippen LogP contribution >= 0.6 is 43.2 Å². The molecule has 2 nitrogen and oxygen atoms in total. The summed E-state index contributed by atoms with van der Waals surface area (Å²) in [5.41, 5.74) is 0.766. The third-order valence-electron chi connectivity index (χ3n) is 1.91. The number of thiophene rings is 1. The number of carbonyl (C=O) groups excluding carboxylic acids is 1. The summed E-state index contributed by atoms with van der Waals surface area (Å²) in [6.07, 6.45) is 0. The highest BCUT2D eigenvalue weighted by atomic mass is 79.9. The molecular formula is C9H11Br2NOS. The summed E-state index contributed by atoms with van der Waals surface area (Å²) in [4.78, 5) is 13.7. The van der Waals surface area contributed by atoms with E-state index >= 15 is 0 Å². The minimum absolute atomic E-state index is 0.156. The van der Waals surface area contributed by atoms with Crippen LogP contribution < -0.4 is 0 Å². The Bertz CT molecular complexity index is 338. The molecule has 0 aliphatic carbocycles. The summed E-state index contributed by atoms with van der Waals surface area (Å²) in [6.45, 7) is 3.39. The van der Waals surface area contributed by atoms with Crippen LogP contribution in [0.25, 0.3) is 0 Å². The Labute approximate surface area is 105 Å². The number of ketones is 1. The summed E-state index contributed by atoms with van der Waals surface area (Å²) in [5, 5.41) is 0. The van der Waals surface area contributed by atoms with E-state index in [9.17, 15) is 4.79 Å². The number of rotatable bonds is 4. The minimum Gasteiger partial charge on any atom is -0.299 e. The van der Waals surface area contributed by atoms with Gasteiger partial charge in [-0.15, -0.1) is 11.3 Å². The van der Waals surface area contributed by atoms with Crippen LogP contribution in [-0.4, -0.2) is 30.8 Å². The largest absolute Gasteiger partial charge is 0.299 e. The van der Waals surface area contributed by atoms with Gasteiger partial charge in [-0.1, -0.05) is 6.92 Å². The third kappa shape index (κ3) is 3.15. The smallest absolute Gasteiger partial charge is 0.178 e. The monoisotopic (exact) mass is 339 g/mol. The number of hydrogen-bond donors (Lipinski definition) is 0. The van der Waals surface area contributed by atoms with Crippen molar-refractivity contribution in [1.82, 2.24) is 4.90 Å². The van der Waals surface area contributed by atoms with Crippen molar-refractivity contribution < 1.29 is 4.79 Å². The molecule has 0 saturated carbocycles. The van der Waals surface area contributed by atoms with Gasteiger partial charge in [-0.25, -0.2) is 0 Å². The minimum atomic E-state index is 0.156. The lowest BCUT2D eigenvalue weighted by Gasteiger charge is -2.11. The van der Waals surface area contributed by atoms with E-state index in [1.807, 2.05) is 24.9 Å². The maximum atomic E-state index is 11.8. The van der Waals surface area contributed by atoms with Crippen LogP contribution in [0, 0.1) is 0 Å². The van der Waals surface area contributed by atoms with Crippen molar-refractivity contribution in [3.8, 4) is 0 Å². The highest BCUT2D eigenvalue weighted by Crippen LogP contribution is 2.32. The Morgan fingerprint density at radius 1 is 1.57 bits per heavy atom. The molecule has 0 unspecified atom stereocenters. The van der Waals surface area contributed by atoms with Gasteiger partial charge in [0.1, 0.15) is 0 Å². The zero-order chi connectivity index (χ0) is 10.7. The Morgan fingerprint density at radius 2 is 2.21 bits per heavy atom. The molecule has 0 aliphatic rings. The second-order valence-electron chi connectivity index (χ2n) is 2.99. The molecule has 14 heavy (non-hydrogen) atoms. The van der Waals surface area contributed by atoms with Gasteiger partial charge in [-0.2, -0.15) is 0 Å². The van der Waals surface area contributed by atoms with E-state index in [-0.39, 0.29) is 5.78 Å². The summed E-state index contributed by atoms with van der Waals surface area (Å²) in [7, 11) is 1.94. The molecule has 0 amide bonds. The summed E-state index contributed by atoms with van der Waals surface area (Å²) < 4.78 is 1.88. The predicted octanol–water partition coefficient (Wildman–Crippen LogP) is 3.41. The van der Waals surface area contributed by atoms with Crippen molar-refractivity contribution >= 4 is 49.0 Å². The van der Waals surface area contributed by atoms with Crippen LogP contribution in [0.1, 0.15) is 17.3 Å². The molecule has 0 atom stereocenters. The van der Waals surface area contributed by atoms with Crippen molar-refractivity contribution in [2.24, 2.45) is 0 Å². The lowest BCUT2D eigenvalue weighted by atomic mass is 10.2. The molecule has 0 aromatic carbocycles. The Morgan fingerprint density at radius 3 is 2.64 bits per heavy atom. The fourth-order valence-electron chi connectivity index (χ4n) is 0.972. The van der Waals surface area contributed by atoms with Crippen molar-refractivity contribution in [3.05, 3.63) is 19.2 Å². The van der Waals surface area contributed by atoms with E-state index in [0.29, 0.717) is 6.54 Å². The van der Waals surface area contributed by atoms with Crippen LogP contribution in [0.3, 0.4) is 0 Å². The summed E-state index contributed by atoms with van der Waals surface area (Å²) >= 11 is 8.26. The Balaban J connectivity index is 2.74.